The van der Waals surface area contributed by atoms with Gasteiger partial charge in [0.1, 0.15) is 17.1 Å². The van der Waals surface area contributed by atoms with Crippen LogP contribution in [0.15, 0.2) is 48.0 Å². The molecule has 37 heavy (non-hydrogen) atoms. The van der Waals surface area contributed by atoms with E-state index in [0.29, 0.717) is 29.4 Å². The number of carbonyl (C=O) groups is 2. The predicted octanol–water partition coefficient (Wildman–Crippen LogP) is 5.34. The summed E-state index contributed by atoms with van der Waals surface area (Å²) in [7, 11) is 1.59. The molecule has 194 valence electrons. The van der Waals surface area contributed by atoms with E-state index in [-0.39, 0.29) is 16.2 Å². The van der Waals surface area contributed by atoms with E-state index in [2.05, 4.69) is 44.0 Å². The number of allylic oxidation sites excluding steroid dienone is 1. The number of nitrogens with one attached hydrogen (secondary N) is 1. The lowest BCUT2D eigenvalue weighted by molar-refractivity contribution is -0.122. The highest BCUT2D eigenvalue weighted by Gasteiger charge is 2.36. The van der Waals surface area contributed by atoms with E-state index in [1.54, 1.807) is 37.5 Å². The molecule has 0 aliphatic carbocycles. The van der Waals surface area contributed by atoms with Crippen LogP contribution in [0.3, 0.4) is 0 Å². The standard InChI is InChI=1S/C29H33N3O4S/c1-7-13-31-24-16-25(35-6)19(14-22(24)18(3)17-29(31,4)5)15-23-26(33)30-28(37)32(27(23)34)20-9-11-21(12-10-20)36-8-2/h9-12,14-17H,7-8,13H2,1-6H3,(H,30,33,37)/b23-15-. The van der Waals surface area contributed by atoms with Gasteiger partial charge in [-0.1, -0.05) is 13.0 Å². The molecule has 2 amide bonds. The molecule has 2 aromatic rings. The van der Waals surface area contributed by atoms with Crippen LogP contribution in [-0.2, 0) is 9.59 Å². The molecule has 0 radical (unpaired) electrons. The molecule has 0 atom stereocenters. The summed E-state index contributed by atoms with van der Waals surface area (Å²) in [5.74, 6) is 0.222. The van der Waals surface area contributed by atoms with E-state index in [1.165, 1.54) is 4.90 Å². The monoisotopic (exact) mass is 519 g/mol. The molecule has 8 heteroatoms. The van der Waals surface area contributed by atoms with E-state index in [4.69, 9.17) is 21.7 Å². The fourth-order valence-corrected chi connectivity index (χ4v) is 5.23. The third-order valence-electron chi connectivity index (χ3n) is 6.58. The molecule has 2 aromatic carbocycles. The minimum absolute atomic E-state index is 0.0241. The first-order valence-electron chi connectivity index (χ1n) is 12.4. The van der Waals surface area contributed by atoms with Crippen LogP contribution in [0.1, 0.15) is 52.2 Å². The summed E-state index contributed by atoms with van der Waals surface area (Å²) in [6.45, 7) is 12.0. The Balaban J connectivity index is 1.77. The smallest absolute Gasteiger partial charge is 0.270 e. The molecule has 1 saturated heterocycles. The zero-order valence-electron chi connectivity index (χ0n) is 22.2. The van der Waals surface area contributed by atoms with Crippen LogP contribution in [0.25, 0.3) is 11.6 Å². The van der Waals surface area contributed by atoms with Crippen LogP contribution in [-0.4, -0.2) is 42.7 Å². The van der Waals surface area contributed by atoms with Gasteiger partial charge in [-0.3, -0.25) is 19.8 Å². The summed E-state index contributed by atoms with van der Waals surface area (Å²) in [6.07, 6.45) is 4.83. The van der Waals surface area contributed by atoms with Crippen LogP contribution >= 0.6 is 12.2 Å². The Hall–Kier alpha value is -3.65. The number of hydrogen-bond donors (Lipinski definition) is 1. The summed E-state index contributed by atoms with van der Waals surface area (Å²) < 4.78 is 11.2. The Morgan fingerprint density at radius 3 is 2.43 bits per heavy atom. The maximum Gasteiger partial charge on any atom is 0.270 e. The number of fused-ring (bicyclic) bond motifs is 1. The highest BCUT2D eigenvalue weighted by molar-refractivity contribution is 7.80. The van der Waals surface area contributed by atoms with Crippen LogP contribution in [0.2, 0.25) is 0 Å². The summed E-state index contributed by atoms with van der Waals surface area (Å²) in [6, 6.07) is 11.0. The number of benzene rings is 2. The van der Waals surface area contributed by atoms with Gasteiger partial charge in [-0.25, -0.2) is 0 Å². The van der Waals surface area contributed by atoms with Crippen molar-refractivity contribution in [3.8, 4) is 11.5 Å². The Labute approximate surface area is 223 Å². The SMILES string of the molecule is CCCN1c2cc(OC)c(/C=C3/C(=O)NC(=S)N(c4ccc(OCC)cc4)C3=O)cc2C(C)=CC1(C)C. The first kappa shape index (κ1) is 26.4. The maximum absolute atomic E-state index is 13.6. The Kier molecular flexibility index (Phi) is 7.41. The van der Waals surface area contributed by atoms with Gasteiger partial charge in [0.2, 0.25) is 0 Å². The van der Waals surface area contributed by atoms with E-state index >= 15 is 0 Å². The molecule has 2 aliphatic heterocycles. The second kappa shape index (κ2) is 10.4. The van der Waals surface area contributed by atoms with E-state index in [1.807, 2.05) is 19.1 Å². The van der Waals surface area contributed by atoms with E-state index in [9.17, 15) is 9.59 Å². The summed E-state index contributed by atoms with van der Waals surface area (Å²) in [5, 5.41) is 2.68. The highest BCUT2D eigenvalue weighted by Crippen LogP contribution is 2.43. The molecule has 0 unspecified atom stereocenters. The number of amides is 2. The van der Waals surface area contributed by atoms with Gasteiger partial charge in [-0.15, -0.1) is 0 Å². The van der Waals surface area contributed by atoms with Crippen LogP contribution in [0.5, 0.6) is 11.5 Å². The third kappa shape index (κ3) is 4.98. The average molecular weight is 520 g/mol. The number of thiocarbonyl (C=S) groups is 1. The fraction of sp³-hybridized carbons (Fsp3) is 0.345. The van der Waals surface area contributed by atoms with Crippen molar-refractivity contribution in [1.29, 1.82) is 0 Å². The molecule has 4 rings (SSSR count). The first-order valence-corrected chi connectivity index (χ1v) is 12.9. The van der Waals surface area contributed by atoms with Crippen molar-refractivity contribution in [3.63, 3.8) is 0 Å². The zero-order chi connectivity index (χ0) is 26.9. The second-order valence-corrected chi connectivity index (χ2v) is 10.0. The molecule has 0 bridgehead atoms. The molecule has 1 N–H and O–H groups in total. The molecular formula is C29H33N3O4S. The lowest BCUT2D eigenvalue weighted by atomic mass is 9.87. The van der Waals surface area contributed by atoms with Crippen molar-refractivity contribution in [3.05, 3.63) is 59.2 Å². The van der Waals surface area contributed by atoms with Gasteiger partial charge in [0.05, 0.1) is 24.9 Å². The summed E-state index contributed by atoms with van der Waals surface area (Å²) in [5.41, 5.74) is 4.26. The molecule has 2 aliphatic rings. The highest BCUT2D eigenvalue weighted by atomic mass is 32.1. The van der Waals surface area contributed by atoms with Crippen LogP contribution in [0.4, 0.5) is 11.4 Å². The predicted molar refractivity (Wildman–Crippen MR) is 152 cm³/mol. The third-order valence-corrected chi connectivity index (χ3v) is 6.87. The summed E-state index contributed by atoms with van der Waals surface area (Å²) >= 11 is 5.35. The molecule has 2 heterocycles. The van der Waals surface area contributed by atoms with Gasteiger partial charge in [0.15, 0.2) is 5.11 Å². The van der Waals surface area contributed by atoms with Crippen LogP contribution in [0, 0.1) is 0 Å². The van der Waals surface area contributed by atoms with Gasteiger partial charge in [0, 0.05) is 29.4 Å². The summed E-state index contributed by atoms with van der Waals surface area (Å²) in [4.78, 5) is 30.2. The number of hydrogen-bond acceptors (Lipinski definition) is 6. The van der Waals surface area contributed by atoms with Gasteiger partial charge in [-0.2, -0.15) is 0 Å². The quantitative estimate of drug-likeness (QED) is 0.303. The van der Waals surface area contributed by atoms with Crippen LogP contribution < -0.4 is 24.6 Å². The minimum Gasteiger partial charge on any atom is -0.496 e. The molecule has 0 spiro atoms. The molecule has 0 saturated carbocycles. The molecule has 7 nitrogen and oxygen atoms in total. The molecular weight excluding hydrogens is 486 g/mol. The van der Waals surface area contributed by atoms with Gasteiger partial charge < -0.3 is 14.4 Å². The lowest BCUT2D eigenvalue weighted by Crippen LogP contribution is -2.54. The largest absolute Gasteiger partial charge is 0.496 e. The second-order valence-electron chi connectivity index (χ2n) is 9.63. The van der Waals surface area contributed by atoms with Crippen molar-refractivity contribution in [2.24, 2.45) is 0 Å². The van der Waals surface area contributed by atoms with E-state index < -0.39 is 11.8 Å². The molecule has 0 aromatic heterocycles. The Morgan fingerprint density at radius 2 is 1.81 bits per heavy atom. The number of rotatable bonds is 7. The van der Waals surface area contributed by atoms with Crippen molar-refractivity contribution in [2.75, 3.05) is 30.1 Å². The fourth-order valence-electron chi connectivity index (χ4n) is 4.95. The maximum atomic E-state index is 13.6. The van der Waals surface area contributed by atoms with Gasteiger partial charge >= 0.3 is 0 Å². The Bertz CT molecular complexity index is 1310. The van der Waals surface area contributed by atoms with Crippen molar-refractivity contribution in [1.82, 2.24) is 5.32 Å². The minimum atomic E-state index is -0.544. The van der Waals surface area contributed by atoms with E-state index in [0.717, 1.165) is 29.8 Å². The number of carbonyl (C=O) groups excluding carboxylic acids is 2. The lowest BCUT2D eigenvalue weighted by Gasteiger charge is -2.43. The molecule has 1 fully saturated rings. The van der Waals surface area contributed by atoms with Crippen molar-refractivity contribution in [2.45, 2.75) is 46.6 Å². The zero-order valence-corrected chi connectivity index (χ0v) is 23.0. The first-order chi connectivity index (χ1) is 17.6. The van der Waals surface area contributed by atoms with Crippen molar-refractivity contribution < 1.29 is 19.1 Å². The number of ether oxygens (including phenoxy) is 2. The number of methoxy groups -OCH3 is 1. The van der Waals surface area contributed by atoms with Gasteiger partial charge in [0.25, 0.3) is 11.8 Å². The topological polar surface area (TPSA) is 71.1 Å². The van der Waals surface area contributed by atoms with Crippen molar-refractivity contribution >= 4 is 52.2 Å². The number of anilines is 2. The average Bonchev–Trinajstić information content (AvgIpc) is 2.85. The van der Waals surface area contributed by atoms with Gasteiger partial charge in [-0.05, 0) is 88.3 Å². The normalized spacial score (nSPS) is 17.9. The number of nitrogens with zero attached hydrogens (tertiary/aromatic N) is 2. The Morgan fingerprint density at radius 1 is 1.11 bits per heavy atom.